The zero-order chi connectivity index (χ0) is 12.8. The van der Waals surface area contributed by atoms with Gasteiger partial charge in [0.2, 0.25) is 0 Å². The Bertz CT molecular complexity index is 207. The monoisotopic (exact) mass is 259 g/mol. The summed E-state index contributed by atoms with van der Waals surface area (Å²) in [6, 6.07) is 0.459. The first-order valence-electron chi connectivity index (χ1n) is 7.18. The number of hydrogen-bond donors (Lipinski definition) is 0. The molecule has 3 heteroatoms. The molecule has 0 amide bonds. The van der Waals surface area contributed by atoms with Crippen molar-refractivity contribution in [2.45, 2.75) is 78.7 Å². The maximum atomic E-state index is 6.07. The van der Waals surface area contributed by atoms with Crippen LogP contribution in [0.1, 0.15) is 54.4 Å². The van der Waals surface area contributed by atoms with E-state index < -0.39 is 0 Å². The van der Waals surface area contributed by atoms with Crippen LogP contribution in [0.2, 0.25) is 0 Å². The van der Waals surface area contributed by atoms with Gasteiger partial charge in [-0.05, 0) is 32.7 Å². The van der Waals surface area contributed by atoms with Crippen LogP contribution >= 0.6 is 0 Å². The average Bonchev–Trinajstić information content (AvgIpc) is 3.09. The number of methoxy groups -OCH3 is 1. The quantitative estimate of drug-likeness (QED) is 0.756. The molecule has 2 rings (SSSR count). The first-order chi connectivity index (χ1) is 8.26. The Morgan fingerprint density at radius 3 is 2.28 bits per heavy atom. The van der Waals surface area contributed by atoms with Gasteiger partial charge in [-0.2, -0.15) is 0 Å². The molecule has 110 valence electrons. The Morgan fingerprint density at radius 2 is 1.83 bits per heavy atom. The summed E-state index contributed by atoms with van der Waals surface area (Å²) in [6.45, 7) is 10.6. The van der Waals surface area contributed by atoms with E-state index in [-0.39, 0.29) is 13.5 Å². The second kappa shape index (κ2) is 8.89. The van der Waals surface area contributed by atoms with Crippen molar-refractivity contribution in [2.75, 3.05) is 20.2 Å². The van der Waals surface area contributed by atoms with Crippen molar-refractivity contribution in [3.63, 3.8) is 0 Å². The highest BCUT2D eigenvalue weighted by Crippen LogP contribution is 2.32. The zero-order valence-corrected chi connectivity index (χ0v) is 12.1. The molecule has 2 aliphatic rings. The average molecular weight is 259 g/mol. The zero-order valence-electron chi connectivity index (χ0n) is 12.1. The molecule has 0 spiro atoms. The Labute approximate surface area is 114 Å². The van der Waals surface area contributed by atoms with E-state index in [1.165, 1.54) is 19.3 Å². The third kappa shape index (κ3) is 4.52. The minimum Gasteiger partial charge on any atom is -0.380 e. The SMILES string of the molecule is C.CC.CCN1CC[C@H](OC2CC2)[C@H]1[C@H](C)OC. The summed E-state index contributed by atoms with van der Waals surface area (Å²) in [4.78, 5) is 2.49. The van der Waals surface area contributed by atoms with Crippen molar-refractivity contribution < 1.29 is 9.47 Å². The van der Waals surface area contributed by atoms with E-state index in [2.05, 4.69) is 18.7 Å². The highest BCUT2D eigenvalue weighted by molar-refractivity contribution is 4.93. The molecule has 0 radical (unpaired) electrons. The molecule has 3 atom stereocenters. The van der Waals surface area contributed by atoms with Gasteiger partial charge < -0.3 is 9.47 Å². The second-order valence-corrected chi connectivity index (χ2v) is 4.72. The van der Waals surface area contributed by atoms with Crippen molar-refractivity contribution in [2.24, 2.45) is 0 Å². The highest BCUT2D eigenvalue weighted by Gasteiger charge is 2.40. The summed E-state index contributed by atoms with van der Waals surface area (Å²) >= 11 is 0. The molecule has 0 N–H and O–H groups in total. The number of hydrogen-bond acceptors (Lipinski definition) is 3. The molecule has 2 fully saturated rings. The molecule has 0 bridgehead atoms. The number of likely N-dealkylation sites (tertiary alicyclic amines) is 1. The maximum absolute atomic E-state index is 6.07. The van der Waals surface area contributed by atoms with E-state index in [1.807, 2.05) is 13.8 Å². The molecule has 1 saturated heterocycles. The van der Waals surface area contributed by atoms with Crippen LogP contribution in [-0.2, 0) is 9.47 Å². The first-order valence-corrected chi connectivity index (χ1v) is 7.18. The van der Waals surface area contributed by atoms with E-state index in [1.54, 1.807) is 7.11 Å². The lowest BCUT2D eigenvalue weighted by Crippen LogP contribution is -2.45. The highest BCUT2D eigenvalue weighted by atomic mass is 16.5. The molecule has 1 heterocycles. The molecule has 0 aromatic heterocycles. The van der Waals surface area contributed by atoms with Gasteiger partial charge in [0, 0.05) is 13.7 Å². The van der Waals surface area contributed by atoms with Crippen LogP contribution in [0.4, 0.5) is 0 Å². The van der Waals surface area contributed by atoms with Gasteiger partial charge in [0.05, 0.1) is 24.4 Å². The lowest BCUT2D eigenvalue weighted by Gasteiger charge is -2.31. The van der Waals surface area contributed by atoms with Crippen molar-refractivity contribution >= 4 is 0 Å². The molecule has 0 aromatic rings. The summed E-state index contributed by atoms with van der Waals surface area (Å²) in [5.41, 5.74) is 0. The number of nitrogens with zero attached hydrogens (tertiary/aromatic N) is 1. The Morgan fingerprint density at radius 1 is 1.22 bits per heavy atom. The molecule has 18 heavy (non-hydrogen) atoms. The van der Waals surface area contributed by atoms with Gasteiger partial charge in [-0.15, -0.1) is 0 Å². The van der Waals surface area contributed by atoms with Gasteiger partial charge in [-0.3, -0.25) is 4.90 Å². The number of ether oxygens (including phenoxy) is 2. The van der Waals surface area contributed by atoms with Gasteiger partial charge in [0.1, 0.15) is 0 Å². The van der Waals surface area contributed by atoms with Gasteiger partial charge >= 0.3 is 0 Å². The molecule has 3 nitrogen and oxygen atoms in total. The predicted octanol–water partition coefficient (Wildman–Crippen LogP) is 3.33. The third-order valence-corrected chi connectivity index (χ3v) is 3.65. The van der Waals surface area contributed by atoms with E-state index in [0.29, 0.717) is 18.2 Å². The maximum Gasteiger partial charge on any atom is 0.0771 e. The van der Waals surface area contributed by atoms with Crippen molar-refractivity contribution in [1.29, 1.82) is 0 Å². The summed E-state index contributed by atoms with van der Waals surface area (Å²) in [6.07, 6.45) is 4.91. The predicted molar refractivity (Wildman–Crippen MR) is 78.1 cm³/mol. The molecular weight excluding hydrogens is 226 g/mol. The van der Waals surface area contributed by atoms with Crippen LogP contribution in [0.25, 0.3) is 0 Å². The van der Waals surface area contributed by atoms with Gasteiger partial charge in [0.25, 0.3) is 0 Å². The van der Waals surface area contributed by atoms with E-state index in [4.69, 9.17) is 9.47 Å². The van der Waals surface area contributed by atoms with Gasteiger partial charge in [-0.25, -0.2) is 0 Å². The fourth-order valence-corrected chi connectivity index (χ4v) is 2.56. The standard InChI is InChI=1S/C12H23NO2.C2H6.CH4/c1-4-13-8-7-11(15-10-5-6-10)12(13)9(2)14-3;1-2;/h9-12H,4-8H2,1-3H3;1-2H3;1H4/t9-,11-,12+;;/m0../s1. The third-order valence-electron chi connectivity index (χ3n) is 3.65. The minimum absolute atomic E-state index is 0. The lowest BCUT2D eigenvalue weighted by molar-refractivity contribution is -0.0396. The molecule has 0 aromatic carbocycles. The fraction of sp³-hybridized carbons (Fsp3) is 1.00. The van der Waals surface area contributed by atoms with Crippen LogP contribution in [0.15, 0.2) is 0 Å². The largest absolute Gasteiger partial charge is 0.380 e. The molecular formula is C15H33NO2. The van der Waals surface area contributed by atoms with E-state index in [0.717, 1.165) is 13.1 Å². The van der Waals surface area contributed by atoms with Crippen LogP contribution < -0.4 is 0 Å². The van der Waals surface area contributed by atoms with Gasteiger partial charge in [-0.1, -0.05) is 28.2 Å². The van der Waals surface area contributed by atoms with Crippen LogP contribution in [-0.4, -0.2) is 49.5 Å². The minimum atomic E-state index is 0. The fourth-order valence-electron chi connectivity index (χ4n) is 2.56. The van der Waals surface area contributed by atoms with E-state index >= 15 is 0 Å². The van der Waals surface area contributed by atoms with Crippen molar-refractivity contribution in [3.05, 3.63) is 0 Å². The molecule has 0 unspecified atom stereocenters. The van der Waals surface area contributed by atoms with Gasteiger partial charge in [0.15, 0.2) is 0 Å². The van der Waals surface area contributed by atoms with Crippen LogP contribution in [0.5, 0.6) is 0 Å². The number of rotatable bonds is 5. The number of likely N-dealkylation sites (N-methyl/N-ethyl adjacent to an activating group) is 1. The first kappa shape index (κ1) is 17.9. The van der Waals surface area contributed by atoms with Crippen molar-refractivity contribution in [1.82, 2.24) is 4.90 Å². The molecule has 1 saturated carbocycles. The Balaban J connectivity index is 0.000000917. The second-order valence-electron chi connectivity index (χ2n) is 4.72. The Hall–Kier alpha value is -0.120. The normalized spacial score (nSPS) is 29.2. The summed E-state index contributed by atoms with van der Waals surface area (Å²) in [5.74, 6) is 0. The molecule has 1 aliphatic carbocycles. The summed E-state index contributed by atoms with van der Waals surface area (Å²) in [7, 11) is 1.80. The summed E-state index contributed by atoms with van der Waals surface area (Å²) < 4.78 is 11.5. The smallest absolute Gasteiger partial charge is 0.0771 e. The topological polar surface area (TPSA) is 21.7 Å². The Kier molecular flexibility index (Phi) is 8.83. The molecule has 1 aliphatic heterocycles. The van der Waals surface area contributed by atoms with Crippen LogP contribution in [0, 0.1) is 0 Å². The van der Waals surface area contributed by atoms with Crippen molar-refractivity contribution in [3.8, 4) is 0 Å². The van der Waals surface area contributed by atoms with E-state index in [9.17, 15) is 0 Å². The summed E-state index contributed by atoms with van der Waals surface area (Å²) in [5, 5.41) is 0. The lowest BCUT2D eigenvalue weighted by atomic mass is 10.1. The van der Waals surface area contributed by atoms with Crippen LogP contribution in [0.3, 0.4) is 0 Å².